The molecule has 1 fully saturated rings. The van der Waals surface area contributed by atoms with Gasteiger partial charge in [-0.05, 0) is 36.3 Å². The van der Waals surface area contributed by atoms with E-state index in [4.69, 9.17) is 5.11 Å². The average molecular weight is 219 g/mol. The van der Waals surface area contributed by atoms with E-state index in [2.05, 4.69) is 11.1 Å². The van der Waals surface area contributed by atoms with Crippen LogP contribution in [0.4, 0.5) is 0 Å². The van der Waals surface area contributed by atoms with Crippen LogP contribution in [-0.2, 0) is 4.79 Å². The lowest BCUT2D eigenvalue weighted by atomic mass is 9.74. The Kier molecular flexibility index (Phi) is 3.54. The first-order valence-electron chi connectivity index (χ1n) is 5.89. The summed E-state index contributed by atoms with van der Waals surface area (Å²) in [5.74, 6) is -0.00482. The molecule has 0 aliphatic heterocycles. The smallest absolute Gasteiger partial charge is 0.303 e. The minimum atomic E-state index is -0.680. The van der Waals surface area contributed by atoms with Gasteiger partial charge in [-0.2, -0.15) is 0 Å². The lowest BCUT2D eigenvalue weighted by Crippen LogP contribution is -2.20. The summed E-state index contributed by atoms with van der Waals surface area (Å²) in [6.45, 7) is 0. The van der Waals surface area contributed by atoms with Crippen LogP contribution in [0.3, 0.4) is 0 Å². The summed E-state index contributed by atoms with van der Waals surface area (Å²) in [7, 11) is 0. The zero-order valence-electron chi connectivity index (χ0n) is 9.30. The number of aliphatic carboxylic acids is 1. The fourth-order valence-corrected chi connectivity index (χ4v) is 2.71. The van der Waals surface area contributed by atoms with Crippen molar-refractivity contribution < 1.29 is 9.90 Å². The molecular formula is C13H17NO2. The molecule has 3 heteroatoms. The normalized spacial score (nSPS) is 25.2. The van der Waals surface area contributed by atoms with E-state index in [0.717, 1.165) is 19.3 Å². The predicted octanol–water partition coefficient (Wildman–Crippen LogP) is 2.83. The molecule has 1 aromatic heterocycles. The zero-order chi connectivity index (χ0) is 11.4. The number of pyridine rings is 1. The van der Waals surface area contributed by atoms with Crippen LogP contribution in [0.5, 0.6) is 0 Å². The highest BCUT2D eigenvalue weighted by Crippen LogP contribution is 2.39. The third kappa shape index (κ3) is 2.60. The van der Waals surface area contributed by atoms with E-state index in [9.17, 15) is 4.79 Å². The first kappa shape index (κ1) is 11.1. The summed E-state index contributed by atoms with van der Waals surface area (Å²) in [6.07, 6.45) is 8.43. The number of nitrogens with zero attached hydrogens (tertiary/aromatic N) is 1. The average Bonchev–Trinajstić information content (AvgIpc) is 2.30. The summed E-state index contributed by atoms with van der Waals surface area (Å²) >= 11 is 0. The van der Waals surface area contributed by atoms with Crippen LogP contribution < -0.4 is 0 Å². The van der Waals surface area contributed by atoms with Crippen molar-refractivity contribution in [3.63, 3.8) is 0 Å². The molecule has 0 aromatic carbocycles. The van der Waals surface area contributed by atoms with E-state index in [1.165, 1.54) is 12.0 Å². The van der Waals surface area contributed by atoms with Crippen molar-refractivity contribution >= 4 is 5.97 Å². The van der Waals surface area contributed by atoms with Gasteiger partial charge >= 0.3 is 5.97 Å². The molecule has 2 atom stereocenters. The number of carboxylic acid groups (broad SMARTS) is 1. The van der Waals surface area contributed by atoms with Gasteiger partial charge in [0.25, 0.3) is 0 Å². The van der Waals surface area contributed by atoms with Crippen LogP contribution in [0, 0.1) is 5.92 Å². The predicted molar refractivity (Wildman–Crippen MR) is 61.2 cm³/mol. The highest BCUT2D eigenvalue weighted by Gasteiger charge is 2.28. The van der Waals surface area contributed by atoms with Crippen molar-refractivity contribution in [2.45, 2.75) is 38.0 Å². The molecule has 1 aliphatic carbocycles. The SMILES string of the molecule is O=C(O)CC1CCCCC1c1cccnc1. The number of carbonyl (C=O) groups is 1. The maximum Gasteiger partial charge on any atom is 0.303 e. The zero-order valence-corrected chi connectivity index (χ0v) is 9.30. The molecule has 1 aromatic rings. The van der Waals surface area contributed by atoms with Gasteiger partial charge in [0.05, 0.1) is 0 Å². The molecule has 16 heavy (non-hydrogen) atoms. The van der Waals surface area contributed by atoms with Crippen LogP contribution in [0.2, 0.25) is 0 Å². The first-order valence-corrected chi connectivity index (χ1v) is 5.89. The minimum absolute atomic E-state index is 0.287. The maximum atomic E-state index is 10.8. The van der Waals surface area contributed by atoms with Crippen molar-refractivity contribution in [3.8, 4) is 0 Å². The third-order valence-corrected chi connectivity index (χ3v) is 3.46. The lowest BCUT2D eigenvalue weighted by molar-refractivity contribution is -0.138. The van der Waals surface area contributed by atoms with Crippen molar-refractivity contribution in [2.75, 3.05) is 0 Å². The second kappa shape index (κ2) is 5.10. The minimum Gasteiger partial charge on any atom is -0.481 e. The molecule has 0 bridgehead atoms. The van der Waals surface area contributed by atoms with E-state index in [-0.39, 0.29) is 5.92 Å². The fourth-order valence-electron chi connectivity index (χ4n) is 2.71. The Bertz CT molecular complexity index is 350. The lowest BCUT2D eigenvalue weighted by Gasteiger charge is -2.30. The van der Waals surface area contributed by atoms with Gasteiger partial charge in [0, 0.05) is 18.8 Å². The third-order valence-electron chi connectivity index (χ3n) is 3.46. The maximum absolute atomic E-state index is 10.8. The molecule has 1 aliphatic rings. The standard InChI is InChI=1S/C13H17NO2/c15-13(16)8-10-4-1-2-6-12(10)11-5-3-7-14-9-11/h3,5,7,9-10,12H,1-2,4,6,8H2,(H,15,16). The van der Waals surface area contributed by atoms with Gasteiger partial charge in [0.15, 0.2) is 0 Å². The molecule has 2 rings (SSSR count). The molecule has 0 amide bonds. The van der Waals surface area contributed by atoms with Gasteiger partial charge in [-0.25, -0.2) is 0 Å². The van der Waals surface area contributed by atoms with Crippen LogP contribution in [-0.4, -0.2) is 16.1 Å². The van der Waals surface area contributed by atoms with Crippen LogP contribution >= 0.6 is 0 Å². The summed E-state index contributed by atoms with van der Waals surface area (Å²) in [4.78, 5) is 15.0. The summed E-state index contributed by atoms with van der Waals surface area (Å²) in [5.41, 5.74) is 1.20. The Morgan fingerprint density at radius 2 is 2.25 bits per heavy atom. The van der Waals surface area contributed by atoms with Gasteiger partial charge in [-0.1, -0.05) is 18.9 Å². The van der Waals surface area contributed by atoms with Gasteiger partial charge in [-0.15, -0.1) is 0 Å². The van der Waals surface area contributed by atoms with Gasteiger partial charge < -0.3 is 5.11 Å². The summed E-state index contributed by atoms with van der Waals surface area (Å²) in [5, 5.41) is 8.91. The van der Waals surface area contributed by atoms with Crippen molar-refractivity contribution in [1.29, 1.82) is 0 Å². The number of hydrogen-bond donors (Lipinski definition) is 1. The van der Waals surface area contributed by atoms with E-state index < -0.39 is 5.97 Å². The molecular weight excluding hydrogens is 202 g/mol. The molecule has 86 valence electrons. The monoisotopic (exact) mass is 219 g/mol. The quantitative estimate of drug-likeness (QED) is 0.850. The van der Waals surface area contributed by atoms with E-state index in [1.807, 2.05) is 12.3 Å². The van der Waals surface area contributed by atoms with Crippen molar-refractivity contribution in [2.24, 2.45) is 5.92 Å². The van der Waals surface area contributed by atoms with Crippen molar-refractivity contribution in [3.05, 3.63) is 30.1 Å². The summed E-state index contributed by atoms with van der Waals surface area (Å²) < 4.78 is 0. The van der Waals surface area contributed by atoms with Crippen LogP contribution in [0.25, 0.3) is 0 Å². The Hall–Kier alpha value is -1.38. The van der Waals surface area contributed by atoms with Crippen LogP contribution in [0.1, 0.15) is 43.6 Å². The Balaban J connectivity index is 2.13. The fraction of sp³-hybridized carbons (Fsp3) is 0.538. The van der Waals surface area contributed by atoms with Gasteiger partial charge in [0.2, 0.25) is 0 Å². The molecule has 3 nitrogen and oxygen atoms in total. The molecule has 0 spiro atoms. The highest BCUT2D eigenvalue weighted by atomic mass is 16.4. The second-order valence-corrected chi connectivity index (χ2v) is 4.54. The van der Waals surface area contributed by atoms with Crippen LogP contribution in [0.15, 0.2) is 24.5 Å². The van der Waals surface area contributed by atoms with Crippen molar-refractivity contribution in [1.82, 2.24) is 4.98 Å². The van der Waals surface area contributed by atoms with Gasteiger partial charge in [-0.3, -0.25) is 9.78 Å². The topological polar surface area (TPSA) is 50.2 Å². The Morgan fingerprint density at radius 3 is 2.94 bits per heavy atom. The van der Waals surface area contributed by atoms with E-state index >= 15 is 0 Å². The molecule has 0 saturated heterocycles. The van der Waals surface area contributed by atoms with Gasteiger partial charge in [0.1, 0.15) is 0 Å². The molecule has 1 saturated carbocycles. The molecule has 1 heterocycles. The Morgan fingerprint density at radius 1 is 1.44 bits per heavy atom. The largest absolute Gasteiger partial charge is 0.481 e. The van der Waals surface area contributed by atoms with E-state index in [0.29, 0.717) is 12.3 Å². The Labute approximate surface area is 95.5 Å². The first-order chi connectivity index (χ1) is 7.77. The molecule has 1 N–H and O–H groups in total. The number of carboxylic acids is 1. The second-order valence-electron chi connectivity index (χ2n) is 4.54. The molecule has 0 radical (unpaired) electrons. The molecule has 2 unspecified atom stereocenters. The summed E-state index contributed by atoms with van der Waals surface area (Å²) in [6, 6.07) is 4.00. The number of rotatable bonds is 3. The number of aromatic nitrogens is 1. The van der Waals surface area contributed by atoms with E-state index in [1.54, 1.807) is 6.20 Å². The number of hydrogen-bond acceptors (Lipinski definition) is 2. The highest BCUT2D eigenvalue weighted by molar-refractivity contribution is 5.67.